The number of rotatable bonds is 10. The molecular formula is C14H30N4O2. The summed E-state index contributed by atoms with van der Waals surface area (Å²) in [5.41, 5.74) is 0. The van der Waals surface area contributed by atoms with Gasteiger partial charge in [0.05, 0.1) is 0 Å². The average Bonchev–Trinajstić information content (AvgIpc) is 2.44. The van der Waals surface area contributed by atoms with E-state index in [0.717, 1.165) is 38.6 Å². The summed E-state index contributed by atoms with van der Waals surface area (Å²) in [6.07, 6.45) is 2.33. The highest BCUT2D eigenvalue weighted by atomic mass is 16.5. The lowest BCUT2D eigenvalue weighted by atomic mass is 10.2. The zero-order valence-electron chi connectivity index (χ0n) is 13.3. The first-order chi connectivity index (χ1) is 9.63. The molecule has 1 atom stereocenters. The number of amides is 1. The molecule has 0 bridgehead atoms. The number of hydrogen-bond acceptors (Lipinski definition) is 3. The normalized spacial score (nSPS) is 12.9. The van der Waals surface area contributed by atoms with Crippen molar-refractivity contribution in [3.8, 4) is 0 Å². The molecule has 0 saturated carbocycles. The number of nitrogens with zero attached hydrogens (tertiary/aromatic N) is 1. The van der Waals surface area contributed by atoms with E-state index in [1.54, 1.807) is 7.05 Å². The Balaban J connectivity index is 3.67. The highest BCUT2D eigenvalue weighted by Gasteiger charge is 2.05. The summed E-state index contributed by atoms with van der Waals surface area (Å²) in [5.74, 6) is 0.788. The van der Waals surface area contributed by atoms with Crippen molar-refractivity contribution in [3.63, 3.8) is 0 Å². The molecule has 118 valence electrons. The maximum Gasteiger partial charge on any atom is 0.221 e. The van der Waals surface area contributed by atoms with Crippen molar-refractivity contribution in [2.45, 2.75) is 46.1 Å². The van der Waals surface area contributed by atoms with E-state index in [9.17, 15) is 4.79 Å². The maximum atomic E-state index is 11.6. The Morgan fingerprint density at radius 2 is 1.95 bits per heavy atom. The van der Waals surface area contributed by atoms with Gasteiger partial charge in [0, 0.05) is 45.8 Å². The predicted octanol–water partition coefficient (Wildman–Crippen LogP) is 0.883. The molecule has 0 fully saturated rings. The molecule has 0 aliphatic rings. The van der Waals surface area contributed by atoms with E-state index >= 15 is 0 Å². The molecule has 1 unspecified atom stereocenters. The monoisotopic (exact) mass is 286 g/mol. The van der Waals surface area contributed by atoms with Crippen LogP contribution in [0.2, 0.25) is 0 Å². The summed E-state index contributed by atoms with van der Waals surface area (Å²) < 4.78 is 5.26. The van der Waals surface area contributed by atoms with Gasteiger partial charge in [0.1, 0.15) is 0 Å². The largest absolute Gasteiger partial charge is 0.382 e. The van der Waals surface area contributed by atoms with Crippen LogP contribution in [0.3, 0.4) is 0 Å². The molecule has 0 spiro atoms. The van der Waals surface area contributed by atoms with E-state index < -0.39 is 0 Å². The number of guanidine groups is 1. The molecule has 0 aromatic carbocycles. The van der Waals surface area contributed by atoms with E-state index in [4.69, 9.17) is 4.74 Å². The third-order valence-electron chi connectivity index (χ3n) is 2.85. The first-order valence-electron chi connectivity index (χ1n) is 7.45. The minimum Gasteiger partial charge on any atom is -0.382 e. The molecule has 0 rings (SSSR count). The van der Waals surface area contributed by atoms with E-state index in [1.165, 1.54) is 0 Å². The number of carbonyl (C=O) groups excluding carboxylic acids is 1. The first kappa shape index (κ1) is 18.7. The van der Waals surface area contributed by atoms with E-state index in [2.05, 4.69) is 27.9 Å². The van der Waals surface area contributed by atoms with Crippen molar-refractivity contribution >= 4 is 11.9 Å². The third-order valence-corrected chi connectivity index (χ3v) is 2.85. The molecule has 0 saturated heterocycles. The summed E-state index contributed by atoms with van der Waals surface area (Å²) in [7, 11) is 1.72. The topological polar surface area (TPSA) is 74.8 Å². The van der Waals surface area contributed by atoms with Crippen LogP contribution in [0.25, 0.3) is 0 Å². The SMILES string of the molecule is CCOCCCNC(=NC)NCCC(=O)NC(C)CC. The Bertz CT molecular complexity index is 282. The summed E-state index contributed by atoms with van der Waals surface area (Å²) in [6, 6.07) is 0.235. The number of ether oxygens (including phenoxy) is 1. The second kappa shape index (κ2) is 12.7. The van der Waals surface area contributed by atoms with Crippen LogP contribution in [0.1, 0.15) is 40.0 Å². The minimum absolute atomic E-state index is 0.0682. The van der Waals surface area contributed by atoms with Gasteiger partial charge in [0.15, 0.2) is 5.96 Å². The lowest BCUT2D eigenvalue weighted by Gasteiger charge is -2.13. The standard InChI is InChI=1S/C14H30N4O2/c1-5-12(3)18-13(19)8-10-17-14(15-4)16-9-7-11-20-6-2/h12H,5-11H2,1-4H3,(H,18,19)(H2,15,16,17). The van der Waals surface area contributed by atoms with E-state index in [0.29, 0.717) is 13.0 Å². The van der Waals surface area contributed by atoms with Gasteiger partial charge >= 0.3 is 0 Å². The van der Waals surface area contributed by atoms with Gasteiger partial charge in [-0.25, -0.2) is 0 Å². The molecule has 0 heterocycles. The van der Waals surface area contributed by atoms with Crippen LogP contribution in [0.4, 0.5) is 0 Å². The van der Waals surface area contributed by atoms with Crippen molar-refractivity contribution in [2.24, 2.45) is 4.99 Å². The summed E-state index contributed by atoms with van der Waals surface area (Å²) in [4.78, 5) is 15.7. The van der Waals surface area contributed by atoms with Crippen molar-refractivity contribution in [2.75, 3.05) is 33.4 Å². The molecule has 0 radical (unpaired) electrons. The molecule has 0 aliphatic heterocycles. The van der Waals surface area contributed by atoms with Crippen molar-refractivity contribution < 1.29 is 9.53 Å². The lowest BCUT2D eigenvalue weighted by Crippen LogP contribution is -2.40. The highest BCUT2D eigenvalue weighted by Crippen LogP contribution is 1.89. The van der Waals surface area contributed by atoms with Crippen LogP contribution in [0, 0.1) is 0 Å². The second-order valence-corrected chi connectivity index (χ2v) is 4.60. The first-order valence-corrected chi connectivity index (χ1v) is 7.45. The molecule has 0 aromatic heterocycles. The fraction of sp³-hybridized carbons (Fsp3) is 0.857. The van der Waals surface area contributed by atoms with Gasteiger partial charge in [-0.05, 0) is 26.7 Å². The fourth-order valence-corrected chi connectivity index (χ4v) is 1.49. The van der Waals surface area contributed by atoms with Crippen LogP contribution in [-0.2, 0) is 9.53 Å². The fourth-order valence-electron chi connectivity index (χ4n) is 1.49. The Morgan fingerprint density at radius 3 is 2.55 bits per heavy atom. The average molecular weight is 286 g/mol. The van der Waals surface area contributed by atoms with Crippen LogP contribution in [0.5, 0.6) is 0 Å². The van der Waals surface area contributed by atoms with Crippen molar-refractivity contribution in [1.82, 2.24) is 16.0 Å². The molecule has 20 heavy (non-hydrogen) atoms. The number of nitrogens with one attached hydrogen (secondary N) is 3. The molecule has 0 aliphatic carbocycles. The van der Waals surface area contributed by atoms with Crippen LogP contribution < -0.4 is 16.0 Å². The highest BCUT2D eigenvalue weighted by molar-refractivity contribution is 5.81. The molecule has 1 amide bonds. The summed E-state index contributed by atoms with van der Waals surface area (Å²) in [5, 5.41) is 9.23. The van der Waals surface area contributed by atoms with Crippen LogP contribution in [0.15, 0.2) is 4.99 Å². The van der Waals surface area contributed by atoms with Crippen LogP contribution >= 0.6 is 0 Å². The van der Waals surface area contributed by atoms with Gasteiger partial charge in [-0.15, -0.1) is 0 Å². The van der Waals surface area contributed by atoms with E-state index in [1.807, 2.05) is 13.8 Å². The lowest BCUT2D eigenvalue weighted by molar-refractivity contribution is -0.121. The zero-order chi connectivity index (χ0) is 15.2. The van der Waals surface area contributed by atoms with Gasteiger partial charge in [0.2, 0.25) is 5.91 Å². The summed E-state index contributed by atoms with van der Waals surface area (Å²) in [6.45, 7) is 8.92. The number of aliphatic imine (C=N–C) groups is 1. The quantitative estimate of drug-likeness (QED) is 0.317. The van der Waals surface area contributed by atoms with Gasteiger partial charge < -0.3 is 20.7 Å². The Morgan fingerprint density at radius 1 is 1.25 bits per heavy atom. The minimum atomic E-state index is 0.0682. The second-order valence-electron chi connectivity index (χ2n) is 4.60. The smallest absolute Gasteiger partial charge is 0.221 e. The predicted molar refractivity (Wildman–Crippen MR) is 83.0 cm³/mol. The van der Waals surface area contributed by atoms with Gasteiger partial charge in [-0.1, -0.05) is 6.92 Å². The van der Waals surface area contributed by atoms with Gasteiger partial charge in [0.25, 0.3) is 0 Å². The van der Waals surface area contributed by atoms with Crippen molar-refractivity contribution in [3.05, 3.63) is 0 Å². The molecule has 6 nitrogen and oxygen atoms in total. The summed E-state index contributed by atoms with van der Waals surface area (Å²) >= 11 is 0. The Hall–Kier alpha value is -1.30. The molecule has 3 N–H and O–H groups in total. The number of carbonyl (C=O) groups is 1. The number of hydrogen-bond donors (Lipinski definition) is 3. The van der Waals surface area contributed by atoms with Gasteiger partial charge in [-0.2, -0.15) is 0 Å². The Kier molecular flexibility index (Phi) is 11.9. The van der Waals surface area contributed by atoms with Crippen molar-refractivity contribution in [1.29, 1.82) is 0 Å². The van der Waals surface area contributed by atoms with Crippen LogP contribution in [-0.4, -0.2) is 51.3 Å². The molecule has 6 heteroatoms. The zero-order valence-corrected chi connectivity index (χ0v) is 13.3. The maximum absolute atomic E-state index is 11.6. The Labute approximate surface area is 122 Å². The molecule has 0 aromatic rings. The molecular weight excluding hydrogens is 256 g/mol. The third kappa shape index (κ3) is 10.6. The van der Waals surface area contributed by atoms with Gasteiger partial charge in [-0.3, -0.25) is 9.79 Å². The van der Waals surface area contributed by atoms with E-state index in [-0.39, 0.29) is 11.9 Å².